The van der Waals surface area contributed by atoms with Crippen LogP contribution in [0.5, 0.6) is 5.75 Å². The van der Waals surface area contributed by atoms with Crippen molar-refractivity contribution in [1.82, 2.24) is 5.43 Å². The van der Waals surface area contributed by atoms with Crippen LogP contribution in [0.2, 0.25) is 0 Å². The number of hydrazone groups is 1. The lowest BCUT2D eigenvalue weighted by Gasteiger charge is -2.08. The molecule has 30 heavy (non-hydrogen) atoms. The van der Waals surface area contributed by atoms with E-state index in [9.17, 15) is 9.59 Å². The molecule has 0 radical (unpaired) electrons. The Balaban J connectivity index is 1.61. The molecule has 6 heteroatoms. The van der Waals surface area contributed by atoms with Gasteiger partial charge in [0.25, 0.3) is 11.8 Å². The van der Waals surface area contributed by atoms with Gasteiger partial charge >= 0.3 is 0 Å². The minimum Gasteiger partial charge on any atom is -0.494 e. The first-order valence-corrected chi connectivity index (χ1v) is 9.60. The lowest BCUT2D eigenvalue weighted by atomic mass is 10.1. The number of aryl methyl sites for hydroxylation is 1. The Morgan fingerprint density at radius 1 is 0.967 bits per heavy atom. The molecule has 0 bridgehead atoms. The average Bonchev–Trinajstić information content (AvgIpc) is 2.75. The van der Waals surface area contributed by atoms with Gasteiger partial charge in [0, 0.05) is 16.8 Å². The SMILES string of the molecule is CCOc1ccc(/C=N\NC(=O)c2cccc(NC(=O)c3ccccc3C)c2)cc1. The van der Waals surface area contributed by atoms with Crippen LogP contribution in [-0.4, -0.2) is 24.6 Å². The number of benzene rings is 3. The van der Waals surface area contributed by atoms with E-state index in [-0.39, 0.29) is 11.8 Å². The van der Waals surface area contributed by atoms with E-state index in [1.165, 1.54) is 0 Å². The third-order valence-electron chi connectivity index (χ3n) is 4.34. The van der Waals surface area contributed by atoms with Gasteiger partial charge in [-0.3, -0.25) is 9.59 Å². The van der Waals surface area contributed by atoms with Crippen LogP contribution in [0.15, 0.2) is 77.9 Å². The van der Waals surface area contributed by atoms with Crippen LogP contribution in [0.1, 0.15) is 38.8 Å². The van der Waals surface area contributed by atoms with Crippen molar-refractivity contribution in [3.8, 4) is 5.75 Å². The predicted molar refractivity (Wildman–Crippen MR) is 118 cm³/mol. The molecule has 2 N–H and O–H groups in total. The zero-order valence-electron chi connectivity index (χ0n) is 16.9. The van der Waals surface area contributed by atoms with Gasteiger partial charge in [0.2, 0.25) is 0 Å². The first-order valence-electron chi connectivity index (χ1n) is 9.60. The molecule has 0 unspecified atom stereocenters. The highest BCUT2D eigenvalue weighted by Gasteiger charge is 2.10. The smallest absolute Gasteiger partial charge is 0.271 e. The minimum atomic E-state index is -0.371. The number of rotatable bonds is 7. The molecule has 3 aromatic carbocycles. The molecule has 0 spiro atoms. The van der Waals surface area contributed by atoms with Crippen molar-refractivity contribution in [2.45, 2.75) is 13.8 Å². The molecule has 3 aromatic rings. The molecule has 0 aliphatic carbocycles. The summed E-state index contributed by atoms with van der Waals surface area (Å²) in [6.07, 6.45) is 1.55. The van der Waals surface area contributed by atoms with Crippen molar-refractivity contribution in [2.75, 3.05) is 11.9 Å². The van der Waals surface area contributed by atoms with Gasteiger partial charge in [0.15, 0.2) is 0 Å². The van der Waals surface area contributed by atoms with Gasteiger partial charge in [0.1, 0.15) is 5.75 Å². The monoisotopic (exact) mass is 401 g/mol. The molecule has 2 amide bonds. The largest absolute Gasteiger partial charge is 0.494 e. The Morgan fingerprint density at radius 3 is 2.47 bits per heavy atom. The summed E-state index contributed by atoms with van der Waals surface area (Å²) >= 11 is 0. The number of nitrogens with zero attached hydrogens (tertiary/aromatic N) is 1. The first kappa shape index (κ1) is 20.8. The Labute approximate surface area is 175 Å². The fourth-order valence-electron chi connectivity index (χ4n) is 2.81. The number of carbonyl (C=O) groups is 2. The van der Waals surface area contributed by atoms with Crippen molar-refractivity contribution in [2.24, 2.45) is 5.10 Å². The summed E-state index contributed by atoms with van der Waals surface area (Å²) in [5, 5.41) is 6.81. The fraction of sp³-hybridized carbons (Fsp3) is 0.125. The van der Waals surface area contributed by atoms with E-state index < -0.39 is 0 Å². The van der Waals surface area contributed by atoms with Gasteiger partial charge in [0.05, 0.1) is 12.8 Å². The molecule has 6 nitrogen and oxygen atoms in total. The molecule has 3 rings (SSSR count). The Bertz CT molecular complexity index is 1060. The standard InChI is InChI=1S/C24H23N3O3/c1-3-30-21-13-11-18(12-14-21)16-25-27-23(28)19-8-6-9-20(15-19)26-24(29)22-10-5-4-7-17(22)2/h4-16H,3H2,1-2H3,(H,26,29)(H,27,28)/b25-16-. The van der Waals surface area contributed by atoms with Crippen LogP contribution in [-0.2, 0) is 0 Å². The Morgan fingerprint density at radius 2 is 1.73 bits per heavy atom. The molecule has 0 heterocycles. The van der Waals surface area contributed by atoms with Gasteiger partial charge in [-0.2, -0.15) is 5.10 Å². The highest BCUT2D eigenvalue weighted by Crippen LogP contribution is 2.14. The van der Waals surface area contributed by atoms with E-state index in [4.69, 9.17) is 4.74 Å². The zero-order chi connectivity index (χ0) is 21.3. The molecule has 0 saturated heterocycles. The summed E-state index contributed by atoms with van der Waals surface area (Å²) in [5.74, 6) is 0.187. The molecule has 0 fully saturated rings. The van der Waals surface area contributed by atoms with Crippen molar-refractivity contribution in [3.05, 3.63) is 95.1 Å². The Hall–Kier alpha value is -3.93. The number of ether oxygens (including phenoxy) is 1. The Kier molecular flexibility index (Phi) is 6.95. The van der Waals surface area contributed by atoms with Gasteiger partial charge in [-0.15, -0.1) is 0 Å². The summed E-state index contributed by atoms with van der Waals surface area (Å²) in [7, 11) is 0. The molecule has 0 aliphatic heterocycles. The summed E-state index contributed by atoms with van der Waals surface area (Å²) < 4.78 is 5.39. The van der Waals surface area contributed by atoms with E-state index in [1.54, 1.807) is 36.5 Å². The topological polar surface area (TPSA) is 79.8 Å². The van der Waals surface area contributed by atoms with Gasteiger partial charge in [-0.25, -0.2) is 5.43 Å². The maximum Gasteiger partial charge on any atom is 0.271 e. The number of hydrogen-bond acceptors (Lipinski definition) is 4. The summed E-state index contributed by atoms with van der Waals surface area (Å²) in [4.78, 5) is 24.8. The summed E-state index contributed by atoms with van der Waals surface area (Å²) in [6, 6.07) is 21.4. The van der Waals surface area contributed by atoms with E-state index in [1.807, 2.05) is 56.3 Å². The lowest BCUT2D eigenvalue weighted by Crippen LogP contribution is -2.18. The van der Waals surface area contributed by atoms with Crippen molar-refractivity contribution >= 4 is 23.7 Å². The van der Waals surface area contributed by atoms with E-state index in [2.05, 4.69) is 15.8 Å². The second kappa shape index (κ2) is 10.0. The van der Waals surface area contributed by atoms with Crippen molar-refractivity contribution in [3.63, 3.8) is 0 Å². The van der Waals surface area contributed by atoms with Gasteiger partial charge < -0.3 is 10.1 Å². The number of amides is 2. The molecule has 152 valence electrons. The molecule has 0 atom stereocenters. The van der Waals surface area contributed by atoms with E-state index in [0.29, 0.717) is 23.4 Å². The van der Waals surface area contributed by atoms with Crippen LogP contribution in [0.3, 0.4) is 0 Å². The second-order valence-corrected chi connectivity index (χ2v) is 6.55. The lowest BCUT2D eigenvalue weighted by molar-refractivity contribution is 0.0953. The maximum absolute atomic E-state index is 12.5. The zero-order valence-corrected chi connectivity index (χ0v) is 16.9. The highest BCUT2D eigenvalue weighted by molar-refractivity contribution is 6.06. The van der Waals surface area contributed by atoms with Crippen molar-refractivity contribution < 1.29 is 14.3 Å². The second-order valence-electron chi connectivity index (χ2n) is 6.55. The van der Waals surface area contributed by atoms with Crippen molar-refractivity contribution in [1.29, 1.82) is 0 Å². The molecule has 0 saturated carbocycles. The van der Waals surface area contributed by atoms with E-state index >= 15 is 0 Å². The van der Waals surface area contributed by atoms with Crippen LogP contribution in [0.25, 0.3) is 0 Å². The van der Waals surface area contributed by atoms with Crippen LogP contribution in [0, 0.1) is 6.92 Å². The van der Waals surface area contributed by atoms with Crippen LogP contribution in [0.4, 0.5) is 5.69 Å². The molecule has 0 aromatic heterocycles. The number of carbonyl (C=O) groups excluding carboxylic acids is 2. The number of hydrogen-bond donors (Lipinski definition) is 2. The average molecular weight is 401 g/mol. The number of nitrogens with one attached hydrogen (secondary N) is 2. The number of anilines is 1. The minimum absolute atomic E-state index is 0.223. The predicted octanol–water partition coefficient (Wildman–Crippen LogP) is 4.41. The van der Waals surface area contributed by atoms with Gasteiger partial charge in [-0.1, -0.05) is 24.3 Å². The normalized spacial score (nSPS) is 10.6. The first-order chi connectivity index (χ1) is 14.6. The fourth-order valence-corrected chi connectivity index (χ4v) is 2.81. The highest BCUT2D eigenvalue weighted by atomic mass is 16.5. The van der Waals surface area contributed by atoms with Crippen LogP contribution >= 0.6 is 0 Å². The molecule has 0 aliphatic rings. The maximum atomic E-state index is 12.5. The quantitative estimate of drug-likeness (QED) is 0.455. The van der Waals surface area contributed by atoms with Crippen LogP contribution < -0.4 is 15.5 Å². The summed E-state index contributed by atoms with van der Waals surface area (Å²) in [6.45, 7) is 4.41. The van der Waals surface area contributed by atoms with Gasteiger partial charge in [-0.05, 0) is 73.5 Å². The third kappa shape index (κ3) is 5.54. The van der Waals surface area contributed by atoms with E-state index in [0.717, 1.165) is 16.9 Å². The molecular formula is C24H23N3O3. The molecular weight excluding hydrogens is 378 g/mol. The summed E-state index contributed by atoms with van der Waals surface area (Å²) in [5.41, 5.74) is 5.72. The third-order valence-corrected chi connectivity index (χ3v) is 4.34.